The van der Waals surface area contributed by atoms with Crippen molar-refractivity contribution in [1.29, 1.82) is 0 Å². The minimum Gasteiger partial charge on any atom is -0.351 e. The monoisotopic (exact) mass is 157 g/mol. The first kappa shape index (κ1) is 8.00. The van der Waals surface area contributed by atoms with Crippen LogP contribution in [0.15, 0.2) is 0 Å². The smallest absolute Gasteiger partial charge is 0.318 e. The van der Waals surface area contributed by atoms with Gasteiger partial charge in [0.1, 0.15) is 0 Å². The summed E-state index contributed by atoms with van der Waals surface area (Å²) in [6, 6.07) is -0.841. The van der Waals surface area contributed by atoms with Crippen LogP contribution < -0.4 is 16.8 Å². The maximum Gasteiger partial charge on any atom is 0.318 e. The van der Waals surface area contributed by atoms with Gasteiger partial charge in [0.15, 0.2) is 0 Å². The van der Waals surface area contributed by atoms with Crippen molar-refractivity contribution in [1.82, 2.24) is 5.32 Å². The molecule has 5 N–H and O–H groups in total. The normalized spacial score (nSPS) is 20.1. The first-order valence-electron chi connectivity index (χ1n) is 3.44. The molecule has 0 aromatic heterocycles. The third-order valence-corrected chi connectivity index (χ3v) is 1.93. The summed E-state index contributed by atoms with van der Waals surface area (Å²) >= 11 is 0. The Balaban J connectivity index is 2.47. The van der Waals surface area contributed by atoms with E-state index in [0.717, 1.165) is 6.42 Å². The molecule has 0 aromatic carbocycles. The molecule has 0 radical (unpaired) electrons. The van der Waals surface area contributed by atoms with Crippen LogP contribution in [-0.2, 0) is 4.79 Å². The Morgan fingerprint density at radius 3 is 2.18 bits per heavy atom. The number of carbonyl (C=O) groups is 2. The highest BCUT2D eigenvalue weighted by atomic mass is 16.2. The number of carbonyl (C=O) groups excluding carboxylic acids is 2. The van der Waals surface area contributed by atoms with E-state index < -0.39 is 17.5 Å². The Kier molecular flexibility index (Phi) is 1.82. The van der Waals surface area contributed by atoms with Gasteiger partial charge in [0.2, 0.25) is 5.91 Å². The second-order valence-electron chi connectivity index (χ2n) is 2.83. The van der Waals surface area contributed by atoms with Crippen LogP contribution in [0.5, 0.6) is 0 Å². The van der Waals surface area contributed by atoms with Crippen molar-refractivity contribution in [3.63, 3.8) is 0 Å². The minimum atomic E-state index is -0.841. The zero-order chi connectivity index (χ0) is 8.48. The highest BCUT2D eigenvalue weighted by Gasteiger charge is 2.40. The predicted molar refractivity (Wildman–Crippen MR) is 38.5 cm³/mol. The van der Waals surface area contributed by atoms with Crippen LogP contribution in [0, 0.1) is 0 Å². The first-order valence-corrected chi connectivity index (χ1v) is 3.44. The number of primary amides is 1. The molecule has 5 heteroatoms. The Morgan fingerprint density at radius 1 is 1.36 bits per heavy atom. The third-order valence-electron chi connectivity index (χ3n) is 1.93. The van der Waals surface area contributed by atoms with E-state index in [0.29, 0.717) is 12.8 Å². The molecular weight excluding hydrogens is 146 g/mol. The summed E-state index contributed by atoms with van der Waals surface area (Å²) in [5, 5.41) is 1.96. The number of nitrogens with two attached hydrogens (primary N) is 2. The van der Waals surface area contributed by atoms with Gasteiger partial charge in [0.25, 0.3) is 0 Å². The molecule has 0 aromatic rings. The highest BCUT2D eigenvalue weighted by molar-refractivity contribution is 5.99. The van der Waals surface area contributed by atoms with Crippen molar-refractivity contribution < 1.29 is 9.59 Å². The van der Waals surface area contributed by atoms with Crippen LogP contribution in [0.2, 0.25) is 0 Å². The fourth-order valence-corrected chi connectivity index (χ4v) is 1.02. The Hall–Kier alpha value is -1.10. The lowest BCUT2D eigenvalue weighted by Gasteiger charge is -2.35. The molecule has 0 bridgehead atoms. The van der Waals surface area contributed by atoms with Crippen LogP contribution in [0.1, 0.15) is 19.3 Å². The predicted octanol–water partition coefficient (Wildman–Crippen LogP) is -0.937. The summed E-state index contributed by atoms with van der Waals surface area (Å²) in [4.78, 5) is 21.3. The lowest BCUT2D eigenvalue weighted by molar-refractivity contribution is -0.127. The second kappa shape index (κ2) is 2.50. The molecule has 1 aliphatic rings. The quantitative estimate of drug-likeness (QED) is 0.458. The van der Waals surface area contributed by atoms with Gasteiger partial charge in [-0.15, -0.1) is 0 Å². The van der Waals surface area contributed by atoms with Crippen molar-refractivity contribution >= 4 is 11.9 Å². The Morgan fingerprint density at radius 2 is 1.91 bits per heavy atom. The fourth-order valence-electron chi connectivity index (χ4n) is 1.02. The summed E-state index contributed by atoms with van der Waals surface area (Å²) in [5.74, 6) is -0.462. The number of imide groups is 1. The van der Waals surface area contributed by atoms with Gasteiger partial charge in [-0.1, -0.05) is 0 Å². The molecule has 0 unspecified atom stereocenters. The highest BCUT2D eigenvalue weighted by Crippen LogP contribution is 2.28. The molecule has 0 aliphatic heterocycles. The first-order chi connectivity index (χ1) is 5.04. The van der Waals surface area contributed by atoms with E-state index in [9.17, 15) is 9.59 Å². The average molecular weight is 157 g/mol. The van der Waals surface area contributed by atoms with Gasteiger partial charge >= 0.3 is 6.03 Å². The molecule has 5 nitrogen and oxygen atoms in total. The van der Waals surface area contributed by atoms with Crippen LogP contribution in [0.4, 0.5) is 4.79 Å². The van der Waals surface area contributed by atoms with Crippen molar-refractivity contribution in [2.24, 2.45) is 11.5 Å². The molecular formula is C6H11N3O2. The summed E-state index contributed by atoms with van der Waals surface area (Å²) in [6.45, 7) is 0. The van der Waals surface area contributed by atoms with Gasteiger partial charge in [-0.25, -0.2) is 4.79 Å². The fraction of sp³-hybridized carbons (Fsp3) is 0.667. The van der Waals surface area contributed by atoms with Crippen molar-refractivity contribution in [3.05, 3.63) is 0 Å². The Labute approximate surface area is 64.1 Å². The van der Waals surface area contributed by atoms with Gasteiger partial charge in [-0.2, -0.15) is 0 Å². The lowest BCUT2D eigenvalue weighted by Crippen LogP contribution is -2.60. The van der Waals surface area contributed by atoms with E-state index in [-0.39, 0.29) is 0 Å². The molecule has 0 saturated heterocycles. The maximum atomic E-state index is 11.0. The SMILES string of the molecule is NC(=O)NC(=O)C1(N)CCC1. The van der Waals surface area contributed by atoms with E-state index in [1.54, 1.807) is 0 Å². The summed E-state index contributed by atoms with van der Waals surface area (Å²) < 4.78 is 0. The molecule has 1 saturated carbocycles. The molecule has 0 heterocycles. The van der Waals surface area contributed by atoms with Crippen LogP contribution in [-0.4, -0.2) is 17.5 Å². The van der Waals surface area contributed by atoms with Gasteiger partial charge in [-0.3, -0.25) is 10.1 Å². The van der Waals surface area contributed by atoms with E-state index in [1.165, 1.54) is 0 Å². The largest absolute Gasteiger partial charge is 0.351 e. The minimum absolute atomic E-state index is 0.462. The molecule has 62 valence electrons. The van der Waals surface area contributed by atoms with Crippen molar-refractivity contribution in [2.45, 2.75) is 24.8 Å². The van der Waals surface area contributed by atoms with E-state index in [1.807, 2.05) is 5.32 Å². The van der Waals surface area contributed by atoms with Gasteiger partial charge in [0, 0.05) is 0 Å². The van der Waals surface area contributed by atoms with Crippen molar-refractivity contribution in [2.75, 3.05) is 0 Å². The molecule has 1 rings (SSSR count). The third kappa shape index (κ3) is 1.48. The van der Waals surface area contributed by atoms with Gasteiger partial charge in [-0.05, 0) is 19.3 Å². The van der Waals surface area contributed by atoms with E-state index >= 15 is 0 Å². The average Bonchev–Trinajstić information content (AvgIpc) is 1.81. The standard InChI is InChI=1S/C6H11N3O2/c7-5(11)9-4(10)6(8)2-1-3-6/h1-3,8H2,(H3,7,9,10,11). The molecule has 1 aliphatic carbocycles. The lowest BCUT2D eigenvalue weighted by atomic mass is 9.77. The summed E-state index contributed by atoms with van der Waals surface area (Å²) in [6.07, 6.45) is 2.20. The zero-order valence-electron chi connectivity index (χ0n) is 6.09. The second-order valence-corrected chi connectivity index (χ2v) is 2.83. The van der Waals surface area contributed by atoms with Crippen molar-refractivity contribution in [3.8, 4) is 0 Å². The number of rotatable bonds is 1. The zero-order valence-corrected chi connectivity index (χ0v) is 6.09. The number of hydrogen-bond donors (Lipinski definition) is 3. The van der Waals surface area contributed by atoms with Crippen LogP contribution >= 0.6 is 0 Å². The van der Waals surface area contributed by atoms with E-state index in [4.69, 9.17) is 11.5 Å². The molecule has 11 heavy (non-hydrogen) atoms. The topological polar surface area (TPSA) is 98.2 Å². The molecule has 0 atom stereocenters. The van der Waals surface area contributed by atoms with Gasteiger partial charge in [0.05, 0.1) is 5.54 Å². The summed E-state index contributed by atoms with van der Waals surface area (Å²) in [7, 11) is 0. The summed E-state index contributed by atoms with van der Waals surface area (Å²) in [5.41, 5.74) is 9.48. The maximum absolute atomic E-state index is 11.0. The Bertz CT molecular complexity index is 198. The van der Waals surface area contributed by atoms with Crippen LogP contribution in [0.25, 0.3) is 0 Å². The number of nitrogens with one attached hydrogen (secondary N) is 1. The van der Waals surface area contributed by atoms with Gasteiger partial charge < -0.3 is 11.5 Å². The number of amides is 3. The molecule has 3 amide bonds. The van der Waals surface area contributed by atoms with Crippen LogP contribution in [0.3, 0.4) is 0 Å². The van der Waals surface area contributed by atoms with E-state index in [2.05, 4.69) is 0 Å². The number of urea groups is 1. The molecule has 0 spiro atoms. The molecule has 1 fully saturated rings. The number of hydrogen-bond acceptors (Lipinski definition) is 3.